The van der Waals surface area contributed by atoms with Crippen LogP contribution in [0, 0.1) is 27.7 Å². The van der Waals surface area contributed by atoms with E-state index >= 15 is 0 Å². The fourth-order valence-corrected chi connectivity index (χ4v) is 8.02. The summed E-state index contributed by atoms with van der Waals surface area (Å²) in [5.41, 5.74) is 12.8. The van der Waals surface area contributed by atoms with Gasteiger partial charge in [0.1, 0.15) is 11.6 Å². The smallest absolute Gasteiger partial charge is 0.253 e. The van der Waals surface area contributed by atoms with E-state index in [0.717, 1.165) is 64.1 Å². The Labute approximate surface area is 323 Å². The van der Waals surface area contributed by atoms with Crippen LogP contribution in [0.4, 0.5) is 29.2 Å². The van der Waals surface area contributed by atoms with Crippen LogP contribution >= 0.6 is 0 Å². The molecule has 2 fully saturated rings. The first-order chi connectivity index (χ1) is 26.6. The number of nitrogens with one attached hydrogen (secondary N) is 3. The van der Waals surface area contributed by atoms with E-state index in [4.69, 9.17) is 25.7 Å². The predicted octanol–water partition coefficient (Wildman–Crippen LogP) is 5.03. The van der Waals surface area contributed by atoms with Gasteiger partial charge in [-0.05, 0) is 84.9 Å². The van der Waals surface area contributed by atoms with E-state index in [2.05, 4.69) is 26.1 Å². The van der Waals surface area contributed by atoms with Crippen LogP contribution < -0.4 is 21.7 Å². The molecule has 0 unspecified atom stereocenters. The van der Waals surface area contributed by atoms with Gasteiger partial charge >= 0.3 is 0 Å². The Morgan fingerprint density at radius 1 is 0.768 bits per heavy atom. The average Bonchev–Trinajstić information content (AvgIpc) is 3.67. The molecule has 0 saturated heterocycles. The molecule has 1 amide bonds. The zero-order chi connectivity index (χ0) is 39.8. The number of aryl methyl sites for hydroxylation is 4. The van der Waals surface area contributed by atoms with Gasteiger partial charge in [0, 0.05) is 79.9 Å². The van der Waals surface area contributed by atoms with Crippen LogP contribution in [0.2, 0.25) is 0 Å². The van der Waals surface area contributed by atoms with Crippen molar-refractivity contribution in [3.8, 4) is 11.9 Å². The molecule has 0 bridgehead atoms. The summed E-state index contributed by atoms with van der Waals surface area (Å²) in [4.78, 5) is 32.2. The molecule has 2 saturated carbocycles. The zero-order valence-corrected chi connectivity index (χ0v) is 32.4. The number of amides is 1. The third-order valence-corrected chi connectivity index (χ3v) is 11.0. The summed E-state index contributed by atoms with van der Waals surface area (Å²) in [5.74, 6) is -3.07. The van der Waals surface area contributed by atoms with Gasteiger partial charge in [0.25, 0.3) is 11.9 Å². The maximum absolute atomic E-state index is 13.6. The molecule has 0 radical (unpaired) electrons. The van der Waals surface area contributed by atoms with Gasteiger partial charge in [0.05, 0.1) is 29.3 Å². The summed E-state index contributed by atoms with van der Waals surface area (Å²) in [5, 5.41) is 19.1. The fraction of sp³-hybridized carbons (Fsp3) is 0.605. The molecule has 4 aromatic rings. The lowest BCUT2D eigenvalue weighted by Crippen LogP contribution is -2.39. The quantitative estimate of drug-likeness (QED) is 0.177. The highest BCUT2D eigenvalue weighted by Gasteiger charge is 2.37. The van der Waals surface area contributed by atoms with Crippen molar-refractivity contribution in [3.05, 3.63) is 57.4 Å². The lowest BCUT2D eigenvalue weighted by atomic mass is 9.92. The van der Waals surface area contributed by atoms with Crippen molar-refractivity contribution in [2.45, 2.75) is 129 Å². The Morgan fingerprint density at radius 3 is 1.71 bits per heavy atom. The first-order valence-corrected chi connectivity index (χ1v) is 19.5. The average molecular weight is 782 g/mol. The molecule has 2 aliphatic carbocycles. The summed E-state index contributed by atoms with van der Waals surface area (Å²) in [6.45, 7) is 10.6. The van der Waals surface area contributed by atoms with Crippen molar-refractivity contribution < 1.29 is 22.4 Å². The molecular formula is C38H51F4N13O. The molecule has 4 aromatic heterocycles. The molecule has 0 spiro atoms. The van der Waals surface area contributed by atoms with E-state index in [1.165, 1.54) is 0 Å². The van der Waals surface area contributed by atoms with E-state index in [-0.39, 0.29) is 50.2 Å². The number of rotatable bonds is 8. The van der Waals surface area contributed by atoms with Gasteiger partial charge in [-0.15, -0.1) is 0 Å². The van der Waals surface area contributed by atoms with Crippen LogP contribution in [0.15, 0.2) is 12.1 Å². The Morgan fingerprint density at radius 2 is 1.25 bits per heavy atom. The molecule has 0 atom stereocenters. The number of fused-ring (bicyclic) bond motifs is 2. The topological polar surface area (TPSA) is 170 Å². The van der Waals surface area contributed by atoms with Gasteiger partial charge in [-0.1, -0.05) is 0 Å². The van der Waals surface area contributed by atoms with E-state index in [0.29, 0.717) is 69.5 Å². The summed E-state index contributed by atoms with van der Waals surface area (Å²) in [6, 6.07) is 3.90. The third kappa shape index (κ3) is 9.28. The number of nitrogens with two attached hydrogens (primary N) is 1. The molecular weight excluding hydrogens is 730 g/mol. The highest BCUT2D eigenvalue weighted by atomic mass is 19.3. The number of carbonyl (C=O) groups excluding carboxylic acids is 1. The molecule has 56 heavy (non-hydrogen) atoms. The summed E-state index contributed by atoms with van der Waals surface area (Å²) >= 11 is 0. The van der Waals surface area contributed by atoms with Crippen LogP contribution in [0.25, 0.3) is 11.9 Å². The van der Waals surface area contributed by atoms with Crippen LogP contribution in [-0.2, 0) is 30.7 Å². The number of hydrogen-bond acceptors (Lipinski definition) is 11. The standard InChI is InChI=1S/C20H27F2N7O.C18H24F2N6/c1-12-9-13(2)29(27-12)19-25-16-10-28(11-17(23)30)8-5-15(16)18(26-19)24-14-3-6-20(21,22)7-4-14;1-11-9-12(2)26(25-11)17-23-15-10-21-8-5-14(15)16(24-17)22-13-3-6-18(19,20)7-4-13/h9,14H,3-8,10-11H2,1-2H3,(H2,23,30)(H,24,25,26);9,13,21H,3-8,10H2,1-2H3,(H,22,23,24). The fourth-order valence-electron chi connectivity index (χ4n) is 8.02. The van der Waals surface area contributed by atoms with Crippen molar-refractivity contribution in [1.82, 2.24) is 49.7 Å². The van der Waals surface area contributed by atoms with Gasteiger partial charge in [0.15, 0.2) is 0 Å². The lowest BCUT2D eigenvalue weighted by Gasteiger charge is -2.32. The highest BCUT2D eigenvalue weighted by Crippen LogP contribution is 2.36. The third-order valence-electron chi connectivity index (χ3n) is 11.0. The van der Waals surface area contributed by atoms with Gasteiger partial charge in [0.2, 0.25) is 17.8 Å². The Kier molecular flexibility index (Phi) is 11.3. The second-order valence-electron chi connectivity index (χ2n) is 15.7. The number of primary amides is 1. The van der Waals surface area contributed by atoms with Crippen molar-refractivity contribution in [3.63, 3.8) is 0 Å². The second kappa shape index (κ2) is 16.0. The Hall–Kier alpha value is -4.71. The molecule has 2 aliphatic heterocycles. The Bertz CT molecular complexity index is 2040. The van der Waals surface area contributed by atoms with Crippen molar-refractivity contribution in [2.24, 2.45) is 5.73 Å². The maximum Gasteiger partial charge on any atom is 0.253 e. The number of halogens is 4. The molecule has 302 valence electrons. The monoisotopic (exact) mass is 781 g/mol. The van der Waals surface area contributed by atoms with Crippen molar-refractivity contribution in [1.29, 1.82) is 0 Å². The molecule has 5 N–H and O–H groups in total. The first kappa shape index (κ1) is 39.5. The number of carbonyl (C=O) groups is 1. The van der Waals surface area contributed by atoms with Crippen molar-refractivity contribution >= 4 is 17.5 Å². The Balaban J connectivity index is 0.000000173. The largest absolute Gasteiger partial charge is 0.369 e. The first-order valence-electron chi connectivity index (χ1n) is 19.5. The minimum Gasteiger partial charge on any atom is -0.369 e. The van der Waals surface area contributed by atoms with Crippen LogP contribution in [0.5, 0.6) is 0 Å². The van der Waals surface area contributed by atoms with Gasteiger partial charge in [-0.3, -0.25) is 9.69 Å². The van der Waals surface area contributed by atoms with Crippen LogP contribution in [0.1, 0.15) is 96.7 Å². The van der Waals surface area contributed by atoms with Crippen molar-refractivity contribution in [2.75, 3.05) is 30.3 Å². The number of nitrogens with zero attached hydrogens (tertiary/aromatic N) is 9. The SMILES string of the molecule is Cc1cc(C)n(-c2nc3c(c(NC4CCC(F)(F)CC4)n2)CCN(CC(N)=O)C3)n1.Cc1cc(C)n(-c2nc3c(c(NC4CCC(F)(F)CC4)n2)CCNC3)n1. The molecule has 14 nitrogen and oxygen atoms in total. The summed E-state index contributed by atoms with van der Waals surface area (Å²) < 4.78 is 57.4. The number of anilines is 2. The zero-order valence-electron chi connectivity index (χ0n) is 32.4. The molecule has 4 aliphatic rings. The summed E-state index contributed by atoms with van der Waals surface area (Å²) in [6.07, 6.45) is 2.84. The van der Waals surface area contributed by atoms with Gasteiger partial charge in [-0.2, -0.15) is 20.2 Å². The lowest BCUT2D eigenvalue weighted by molar-refractivity contribution is -0.119. The minimum absolute atomic E-state index is 0.0248. The molecule has 8 rings (SSSR count). The summed E-state index contributed by atoms with van der Waals surface area (Å²) in [7, 11) is 0. The predicted molar refractivity (Wildman–Crippen MR) is 202 cm³/mol. The maximum atomic E-state index is 13.6. The molecule has 18 heteroatoms. The second-order valence-corrected chi connectivity index (χ2v) is 15.7. The highest BCUT2D eigenvalue weighted by molar-refractivity contribution is 5.76. The van der Waals surface area contributed by atoms with E-state index in [9.17, 15) is 22.4 Å². The van der Waals surface area contributed by atoms with Gasteiger partial charge in [-0.25, -0.2) is 36.9 Å². The van der Waals surface area contributed by atoms with Gasteiger partial charge < -0.3 is 21.7 Å². The van der Waals surface area contributed by atoms with E-state index < -0.39 is 11.8 Å². The molecule has 0 aromatic carbocycles. The van der Waals surface area contributed by atoms with E-state index in [1.807, 2.05) is 44.7 Å². The minimum atomic E-state index is -2.58. The molecule has 6 heterocycles. The number of hydrogen-bond donors (Lipinski definition) is 4. The normalized spacial score (nSPS) is 19.7. The van der Waals surface area contributed by atoms with Crippen LogP contribution in [0.3, 0.4) is 0 Å². The van der Waals surface area contributed by atoms with Crippen LogP contribution in [-0.4, -0.2) is 93.9 Å². The number of aromatic nitrogens is 8. The van der Waals surface area contributed by atoms with E-state index in [1.54, 1.807) is 9.36 Å². The number of alkyl halides is 4.